The predicted octanol–water partition coefficient (Wildman–Crippen LogP) is 3.00. The highest BCUT2D eigenvalue weighted by Crippen LogP contribution is 2.21. The highest BCUT2D eigenvalue weighted by atomic mass is 35.5. The number of nitrogens with zero attached hydrogens (tertiary/aromatic N) is 2. The molecule has 0 bridgehead atoms. The molecule has 0 radical (unpaired) electrons. The van der Waals surface area contributed by atoms with Gasteiger partial charge in [0.25, 0.3) is 0 Å². The number of aromatic nitrogens is 1. The van der Waals surface area contributed by atoms with Crippen molar-refractivity contribution in [1.29, 1.82) is 0 Å². The Balaban J connectivity index is 2.20. The van der Waals surface area contributed by atoms with E-state index < -0.39 is 0 Å². The monoisotopic (exact) mass is 280 g/mol. The number of benzene rings is 1. The summed E-state index contributed by atoms with van der Waals surface area (Å²) in [4.78, 5) is 5.97. The first-order chi connectivity index (χ1) is 9.11. The third kappa shape index (κ3) is 3.22. The zero-order valence-corrected chi connectivity index (χ0v) is 11.2. The quantitative estimate of drug-likeness (QED) is 0.935. The van der Waals surface area contributed by atoms with Crippen LogP contribution in [0.1, 0.15) is 11.1 Å². The molecular weight excluding hydrogens is 267 g/mol. The molecule has 1 aromatic heterocycles. The van der Waals surface area contributed by atoms with E-state index in [0.29, 0.717) is 28.5 Å². The molecule has 5 heteroatoms. The normalized spacial score (nSPS) is 10.5. The molecule has 2 aromatic rings. The second-order valence-corrected chi connectivity index (χ2v) is 4.65. The van der Waals surface area contributed by atoms with Gasteiger partial charge in [-0.25, -0.2) is 9.37 Å². The molecule has 1 heterocycles. The van der Waals surface area contributed by atoms with Crippen LogP contribution in [0.3, 0.4) is 0 Å². The van der Waals surface area contributed by atoms with Crippen LogP contribution in [0.2, 0.25) is 5.02 Å². The molecule has 2 rings (SSSR count). The highest BCUT2D eigenvalue weighted by Gasteiger charge is 2.09. The Hall–Kier alpha value is -1.65. The Morgan fingerprint density at radius 3 is 2.74 bits per heavy atom. The molecule has 0 aliphatic heterocycles. The van der Waals surface area contributed by atoms with Crippen molar-refractivity contribution in [2.45, 2.75) is 13.2 Å². The van der Waals surface area contributed by atoms with Crippen molar-refractivity contribution in [2.75, 3.05) is 11.9 Å². The van der Waals surface area contributed by atoms with Crippen molar-refractivity contribution in [3.8, 4) is 0 Å². The minimum absolute atomic E-state index is 0.151. The molecule has 1 N–H and O–H groups in total. The zero-order valence-electron chi connectivity index (χ0n) is 10.5. The van der Waals surface area contributed by atoms with E-state index in [4.69, 9.17) is 16.7 Å². The maximum absolute atomic E-state index is 13.6. The van der Waals surface area contributed by atoms with Crippen molar-refractivity contribution in [3.05, 3.63) is 58.5 Å². The number of aliphatic hydroxyl groups excluding tert-OH is 1. The lowest BCUT2D eigenvalue weighted by atomic mass is 10.2. The van der Waals surface area contributed by atoms with Gasteiger partial charge in [0.2, 0.25) is 0 Å². The molecule has 19 heavy (non-hydrogen) atoms. The summed E-state index contributed by atoms with van der Waals surface area (Å²) in [5.74, 6) is 0.391. The van der Waals surface area contributed by atoms with E-state index in [2.05, 4.69) is 4.98 Å². The second-order valence-electron chi connectivity index (χ2n) is 4.24. The van der Waals surface area contributed by atoms with E-state index in [-0.39, 0.29) is 12.4 Å². The standard InChI is InChI=1S/C14H14ClFN2O/c1-18(8-10-4-2-3-5-13(10)16)14-6-11(9-19)12(15)7-17-14/h2-7,19H,8-9H2,1H3. The number of anilines is 1. The molecule has 0 saturated heterocycles. The van der Waals surface area contributed by atoms with Crippen LogP contribution in [0, 0.1) is 5.82 Å². The first-order valence-electron chi connectivity index (χ1n) is 5.81. The van der Waals surface area contributed by atoms with Gasteiger partial charge < -0.3 is 10.0 Å². The van der Waals surface area contributed by atoms with Crippen LogP contribution in [-0.4, -0.2) is 17.1 Å². The topological polar surface area (TPSA) is 36.4 Å². The smallest absolute Gasteiger partial charge is 0.128 e. The average Bonchev–Trinajstić information content (AvgIpc) is 2.42. The largest absolute Gasteiger partial charge is 0.392 e. The molecular formula is C14H14ClFN2O. The lowest BCUT2D eigenvalue weighted by Crippen LogP contribution is -2.18. The van der Waals surface area contributed by atoms with Gasteiger partial charge in [0, 0.05) is 30.9 Å². The molecule has 0 saturated carbocycles. The summed E-state index contributed by atoms with van der Waals surface area (Å²) in [5, 5.41) is 9.59. The molecule has 3 nitrogen and oxygen atoms in total. The Bertz CT molecular complexity index is 577. The van der Waals surface area contributed by atoms with Crippen LogP contribution in [-0.2, 0) is 13.2 Å². The first kappa shape index (κ1) is 13.8. The van der Waals surface area contributed by atoms with Crippen LogP contribution >= 0.6 is 11.6 Å². The van der Waals surface area contributed by atoms with E-state index in [9.17, 15) is 4.39 Å². The molecule has 0 atom stereocenters. The molecule has 0 aliphatic carbocycles. The summed E-state index contributed by atoms with van der Waals surface area (Å²) in [7, 11) is 1.81. The van der Waals surface area contributed by atoms with Gasteiger partial charge in [0.05, 0.1) is 11.6 Å². The lowest BCUT2D eigenvalue weighted by Gasteiger charge is -2.19. The molecule has 0 spiro atoms. The van der Waals surface area contributed by atoms with Gasteiger partial charge in [-0.2, -0.15) is 0 Å². The molecule has 0 aliphatic rings. The fourth-order valence-electron chi connectivity index (χ4n) is 1.76. The predicted molar refractivity (Wildman–Crippen MR) is 73.7 cm³/mol. The van der Waals surface area contributed by atoms with E-state index in [1.165, 1.54) is 12.3 Å². The lowest BCUT2D eigenvalue weighted by molar-refractivity contribution is 0.282. The number of halogens is 2. The summed E-state index contributed by atoms with van der Waals surface area (Å²) < 4.78 is 13.6. The molecule has 1 aromatic carbocycles. The maximum atomic E-state index is 13.6. The van der Waals surface area contributed by atoms with Gasteiger partial charge in [0.15, 0.2) is 0 Å². The molecule has 0 fully saturated rings. The Labute approximate surface area is 116 Å². The summed E-state index contributed by atoms with van der Waals surface area (Å²) in [6, 6.07) is 8.30. The van der Waals surface area contributed by atoms with E-state index in [1.807, 2.05) is 7.05 Å². The van der Waals surface area contributed by atoms with Gasteiger partial charge in [-0.05, 0) is 12.1 Å². The van der Waals surface area contributed by atoms with Gasteiger partial charge in [-0.3, -0.25) is 0 Å². The van der Waals surface area contributed by atoms with Crippen LogP contribution in [0.25, 0.3) is 0 Å². The summed E-state index contributed by atoms with van der Waals surface area (Å²) in [5.41, 5.74) is 1.19. The number of hydrogen-bond acceptors (Lipinski definition) is 3. The summed E-state index contributed by atoms with van der Waals surface area (Å²) in [6.07, 6.45) is 1.49. The maximum Gasteiger partial charge on any atom is 0.128 e. The fraction of sp³-hybridized carbons (Fsp3) is 0.214. The average molecular weight is 281 g/mol. The summed E-state index contributed by atoms with van der Waals surface area (Å²) >= 11 is 5.89. The number of pyridine rings is 1. The molecule has 0 amide bonds. The van der Waals surface area contributed by atoms with Crippen LogP contribution < -0.4 is 4.90 Å². The molecule has 100 valence electrons. The Morgan fingerprint density at radius 1 is 1.32 bits per heavy atom. The van der Waals surface area contributed by atoms with Crippen molar-refractivity contribution in [3.63, 3.8) is 0 Å². The SMILES string of the molecule is CN(Cc1ccccc1F)c1cc(CO)c(Cl)cn1. The van der Waals surface area contributed by atoms with Crippen LogP contribution in [0.5, 0.6) is 0 Å². The second kappa shape index (κ2) is 5.99. The van der Waals surface area contributed by atoms with Crippen molar-refractivity contribution >= 4 is 17.4 Å². The zero-order chi connectivity index (χ0) is 13.8. The van der Waals surface area contributed by atoms with E-state index >= 15 is 0 Å². The third-order valence-corrected chi connectivity index (χ3v) is 3.19. The van der Waals surface area contributed by atoms with Gasteiger partial charge in [-0.1, -0.05) is 29.8 Å². The van der Waals surface area contributed by atoms with Gasteiger partial charge >= 0.3 is 0 Å². The van der Waals surface area contributed by atoms with Crippen LogP contribution in [0.15, 0.2) is 36.5 Å². The Kier molecular flexibility index (Phi) is 4.35. The highest BCUT2D eigenvalue weighted by molar-refractivity contribution is 6.31. The summed E-state index contributed by atoms with van der Waals surface area (Å²) in [6.45, 7) is 0.244. The minimum Gasteiger partial charge on any atom is -0.392 e. The van der Waals surface area contributed by atoms with Crippen molar-refractivity contribution < 1.29 is 9.50 Å². The van der Waals surface area contributed by atoms with E-state index in [1.54, 1.807) is 29.2 Å². The molecule has 0 unspecified atom stereocenters. The van der Waals surface area contributed by atoms with Crippen LogP contribution in [0.4, 0.5) is 10.2 Å². The first-order valence-corrected chi connectivity index (χ1v) is 6.19. The Morgan fingerprint density at radius 2 is 2.05 bits per heavy atom. The number of rotatable bonds is 4. The number of aliphatic hydroxyl groups is 1. The number of hydrogen-bond donors (Lipinski definition) is 1. The van der Waals surface area contributed by atoms with Gasteiger partial charge in [-0.15, -0.1) is 0 Å². The van der Waals surface area contributed by atoms with E-state index in [0.717, 1.165) is 0 Å². The third-order valence-electron chi connectivity index (χ3n) is 2.85. The fourth-order valence-corrected chi connectivity index (χ4v) is 1.92. The van der Waals surface area contributed by atoms with Crippen molar-refractivity contribution in [1.82, 2.24) is 4.98 Å². The van der Waals surface area contributed by atoms with Crippen molar-refractivity contribution in [2.24, 2.45) is 0 Å². The minimum atomic E-state index is -0.245. The van der Waals surface area contributed by atoms with Gasteiger partial charge in [0.1, 0.15) is 11.6 Å².